The molecule has 4 nitrogen and oxygen atoms in total. The maximum absolute atomic E-state index is 12.2. The molecule has 0 aromatic heterocycles. The monoisotopic (exact) mass is 638 g/mol. The number of rotatable bonds is 8. The minimum absolute atomic E-state index is 0. The van der Waals surface area contributed by atoms with Crippen molar-refractivity contribution in [1.29, 1.82) is 0 Å². The van der Waals surface area contributed by atoms with E-state index >= 15 is 0 Å². The minimum Gasteiger partial charge on any atom is -0.305 e. The molecular weight excluding hydrogens is 604 g/mol. The average molecular weight is 640 g/mol. The molecule has 6 heteroatoms. The summed E-state index contributed by atoms with van der Waals surface area (Å²) in [5, 5.41) is 0. The van der Waals surface area contributed by atoms with Gasteiger partial charge in [0, 0.05) is 35.3 Å². The molecule has 4 aromatic rings. The molecule has 0 aliphatic rings. The molecule has 0 fully saturated rings. The molecule has 0 atom stereocenters. The highest BCUT2D eigenvalue weighted by atomic mass is 79.9. The Hall–Kier alpha value is -2.90. The van der Waals surface area contributed by atoms with Gasteiger partial charge in [-0.05, 0) is 39.3 Å². The van der Waals surface area contributed by atoms with Crippen LogP contribution in [0.2, 0.25) is 0 Å². The Morgan fingerprint density at radius 2 is 0.711 bits per heavy atom. The number of hydrogen-bond donors (Lipinski definition) is 0. The zero-order valence-corrected chi connectivity index (χ0v) is 25.8. The van der Waals surface area contributed by atoms with Crippen molar-refractivity contribution in [1.82, 2.24) is 9.80 Å². The fourth-order valence-corrected chi connectivity index (χ4v) is 3.77. The van der Waals surface area contributed by atoms with E-state index in [-0.39, 0.29) is 45.5 Å². The lowest BCUT2D eigenvalue weighted by Gasteiger charge is -2.09. The molecule has 0 aliphatic heterocycles. The summed E-state index contributed by atoms with van der Waals surface area (Å²) in [5.41, 5.74) is 5.37. The number of benzene rings is 4. The lowest BCUT2D eigenvalue weighted by molar-refractivity contribution is 0.103. The van der Waals surface area contributed by atoms with Crippen LogP contribution in [-0.2, 0) is 13.1 Å². The average Bonchev–Trinajstić information content (AvgIpc) is 2.89. The lowest BCUT2D eigenvalue weighted by atomic mass is 10.0. The third kappa shape index (κ3) is 10.5. The van der Waals surface area contributed by atoms with Crippen LogP contribution < -0.4 is 0 Å². The van der Waals surface area contributed by atoms with Gasteiger partial charge in [0.25, 0.3) is 0 Å². The third-order valence-electron chi connectivity index (χ3n) is 5.50. The van der Waals surface area contributed by atoms with Gasteiger partial charge in [-0.15, -0.1) is 34.0 Å². The van der Waals surface area contributed by atoms with Gasteiger partial charge in [-0.25, -0.2) is 0 Å². The van der Waals surface area contributed by atoms with Crippen molar-refractivity contribution >= 4 is 45.5 Å². The first kappa shape index (κ1) is 33.1. The largest absolute Gasteiger partial charge is 0.305 e. The quantitative estimate of drug-likeness (QED) is 0.193. The second kappa shape index (κ2) is 16.8. The third-order valence-corrected chi connectivity index (χ3v) is 5.50. The number of hydrogen-bond acceptors (Lipinski definition) is 4. The van der Waals surface area contributed by atoms with Crippen molar-refractivity contribution in [3.8, 4) is 0 Å². The Morgan fingerprint density at radius 1 is 0.447 bits per heavy atom. The summed E-state index contributed by atoms with van der Waals surface area (Å²) in [4.78, 5) is 28.5. The maximum Gasteiger partial charge on any atom is 0.193 e. The second-order valence-corrected chi connectivity index (χ2v) is 9.26. The first-order chi connectivity index (χ1) is 17.3. The van der Waals surface area contributed by atoms with E-state index in [0.29, 0.717) is 0 Å². The standard InChI is InChI=1S/2C16H17NO.2BrH/c2*1-17(2)12-13-8-10-15(11-9-13)16(18)14-6-4-3-5-7-14;;/h2*3-11H,12H2,1-2H3;2*1H. The number of carbonyl (C=O) groups excluding carboxylic acids is 2. The summed E-state index contributed by atoms with van der Waals surface area (Å²) in [6.07, 6.45) is 0. The maximum atomic E-state index is 12.2. The Morgan fingerprint density at radius 3 is 0.974 bits per heavy atom. The summed E-state index contributed by atoms with van der Waals surface area (Å²) < 4.78 is 0. The zero-order chi connectivity index (χ0) is 25.9. The van der Waals surface area contributed by atoms with Gasteiger partial charge >= 0.3 is 0 Å². The Kier molecular flexibility index (Phi) is 14.7. The van der Waals surface area contributed by atoms with Crippen LogP contribution in [0.15, 0.2) is 109 Å². The normalized spacial score (nSPS) is 10.1. The van der Waals surface area contributed by atoms with Gasteiger partial charge in [0.2, 0.25) is 0 Å². The highest BCUT2D eigenvalue weighted by Crippen LogP contribution is 2.13. The van der Waals surface area contributed by atoms with Crippen LogP contribution in [-0.4, -0.2) is 49.6 Å². The van der Waals surface area contributed by atoms with Gasteiger partial charge in [-0.3, -0.25) is 9.59 Å². The fourth-order valence-electron chi connectivity index (χ4n) is 3.77. The van der Waals surface area contributed by atoms with Crippen LogP contribution >= 0.6 is 34.0 Å². The molecular formula is C32H36Br2N2O2. The molecule has 200 valence electrons. The second-order valence-electron chi connectivity index (χ2n) is 9.26. The van der Waals surface area contributed by atoms with Crippen molar-refractivity contribution in [3.63, 3.8) is 0 Å². The molecule has 4 rings (SSSR count). The van der Waals surface area contributed by atoms with E-state index in [9.17, 15) is 9.59 Å². The van der Waals surface area contributed by atoms with Crippen LogP contribution in [0.5, 0.6) is 0 Å². The van der Waals surface area contributed by atoms with Gasteiger partial charge in [0.1, 0.15) is 0 Å². The van der Waals surface area contributed by atoms with Gasteiger partial charge in [0.05, 0.1) is 0 Å². The summed E-state index contributed by atoms with van der Waals surface area (Å²) in [6.45, 7) is 1.78. The predicted octanol–water partition coefficient (Wildman–Crippen LogP) is 7.11. The van der Waals surface area contributed by atoms with Crippen LogP contribution in [0.3, 0.4) is 0 Å². The van der Waals surface area contributed by atoms with E-state index < -0.39 is 0 Å². The first-order valence-corrected chi connectivity index (χ1v) is 12.0. The predicted molar refractivity (Wildman–Crippen MR) is 168 cm³/mol. The molecule has 0 saturated carbocycles. The van der Waals surface area contributed by atoms with Crippen molar-refractivity contribution in [2.45, 2.75) is 13.1 Å². The van der Waals surface area contributed by atoms with Crippen LogP contribution in [0.25, 0.3) is 0 Å². The molecule has 0 heterocycles. The van der Waals surface area contributed by atoms with E-state index in [1.165, 1.54) is 11.1 Å². The number of carbonyl (C=O) groups is 2. The zero-order valence-electron chi connectivity index (χ0n) is 22.3. The van der Waals surface area contributed by atoms with E-state index in [1.54, 1.807) is 0 Å². The van der Waals surface area contributed by atoms with E-state index in [0.717, 1.165) is 35.3 Å². The molecule has 0 N–H and O–H groups in total. The molecule has 0 saturated heterocycles. The highest BCUT2D eigenvalue weighted by Gasteiger charge is 2.09. The summed E-state index contributed by atoms with van der Waals surface area (Å²) in [6, 6.07) is 34.4. The van der Waals surface area contributed by atoms with Crippen molar-refractivity contribution in [2.75, 3.05) is 28.2 Å². The smallest absolute Gasteiger partial charge is 0.193 e. The number of halogens is 2. The van der Waals surface area contributed by atoms with Gasteiger partial charge < -0.3 is 9.80 Å². The topological polar surface area (TPSA) is 40.6 Å². The first-order valence-electron chi connectivity index (χ1n) is 12.0. The molecule has 0 unspecified atom stereocenters. The van der Waals surface area contributed by atoms with E-state index in [2.05, 4.69) is 9.80 Å². The van der Waals surface area contributed by atoms with Crippen molar-refractivity contribution < 1.29 is 9.59 Å². The molecule has 4 aromatic carbocycles. The van der Waals surface area contributed by atoms with Crippen LogP contribution in [0, 0.1) is 0 Å². The molecule has 0 spiro atoms. The Bertz CT molecular complexity index is 1140. The minimum atomic E-state index is 0. The van der Waals surface area contributed by atoms with Crippen molar-refractivity contribution in [2.24, 2.45) is 0 Å². The van der Waals surface area contributed by atoms with E-state index in [1.807, 2.05) is 137 Å². The fraction of sp³-hybridized carbons (Fsp3) is 0.188. The van der Waals surface area contributed by atoms with Gasteiger partial charge in [0.15, 0.2) is 11.6 Å². The summed E-state index contributed by atoms with van der Waals surface area (Å²) in [5.74, 6) is 0.152. The molecule has 0 aliphatic carbocycles. The summed E-state index contributed by atoms with van der Waals surface area (Å²) >= 11 is 0. The Balaban J connectivity index is 0.000000361. The van der Waals surface area contributed by atoms with Gasteiger partial charge in [-0.1, -0.05) is 109 Å². The lowest BCUT2D eigenvalue weighted by Crippen LogP contribution is -2.10. The van der Waals surface area contributed by atoms with Crippen LogP contribution in [0.1, 0.15) is 43.0 Å². The number of nitrogens with zero attached hydrogens (tertiary/aromatic N) is 2. The van der Waals surface area contributed by atoms with E-state index in [4.69, 9.17) is 0 Å². The summed E-state index contributed by atoms with van der Waals surface area (Å²) in [7, 11) is 8.12. The van der Waals surface area contributed by atoms with Crippen molar-refractivity contribution in [3.05, 3.63) is 143 Å². The highest BCUT2D eigenvalue weighted by molar-refractivity contribution is 8.93. The molecule has 0 radical (unpaired) electrons. The molecule has 0 amide bonds. The van der Waals surface area contributed by atoms with Gasteiger partial charge in [-0.2, -0.15) is 0 Å². The molecule has 0 bridgehead atoms. The van der Waals surface area contributed by atoms with Crippen LogP contribution in [0.4, 0.5) is 0 Å². The Labute approximate surface area is 247 Å². The molecule has 38 heavy (non-hydrogen) atoms. The SMILES string of the molecule is Br.Br.CN(C)Cc1ccc(C(=O)c2ccccc2)cc1.CN(C)Cc1ccc(C(=O)c2ccccc2)cc1. The number of ketones is 2.